The zero-order valence-corrected chi connectivity index (χ0v) is 12.8. The molecule has 1 amide bonds. The fourth-order valence-electron chi connectivity index (χ4n) is 2.37. The van der Waals surface area contributed by atoms with Crippen LogP contribution in [0, 0.1) is 10.1 Å². The Morgan fingerprint density at radius 2 is 2.00 bits per heavy atom. The summed E-state index contributed by atoms with van der Waals surface area (Å²) in [6.45, 7) is 2.96. The molecule has 1 fully saturated rings. The van der Waals surface area contributed by atoms with E-state index in [4.69, 9.17) is 4.74 Å². The van der Waals surface area contributed by atoms with Crippen molar-refractivity contribution in [3.05, 3.63) is 40.7 Å². The molecule has 0 unspecified atom stereocenters. The zero-order valence-electron chi connectivity index (χ0n) is 12.8. The third-order valence-corrected chi connectivity index (χ3v) is 3.52. The van der Waals surface area contributed by atoms with Crippen molar-refractivity contribution < 1.29 is 14.5 Å². The summed E-state index contributed by atoms with van der Waals surface area (Å²) in [6.07, 6.45) is 1.15. The van der Waals surface area contributed by atoms with Crippen LogP contribution in [0.5, 0.6) is 0 Å². The molecule has 0 aliphatic carbocycles. The molecule has 10 heteroatoms. The summed E-state index contributed by atoms with van der Waals surface area (Å²) >= 11 is 0. The molecular weight excluding hydrogens is 316 g/mol. The molecule has 1 saturated heterocycles. The van der Waals surface area contributed by atoms with Gasteiger partial charge in [0.2, 0.25) is 12.2 Å². The van der Waals surface area contributed by atoms with Crippen molar-refractivity contribution in [3.63, 3.8) is 0 Å². The Morgan fingerprint density at radius 3 is 2.62 bits per heavy atom. The van der Waals surface area contributed by atoms with Gasteiger partial charge in [0.05, 0.1) is 13.2 Å². The van der Waals surface area contributed by atoms with Gasteiger partial charge in [-0.15, -0.1) is 0 Å². The summed E-state index contributed by atoms with van der Waals surface area (Å²) in [7, 11) is 0. The van der Waals surface area contributed by atoms with Gasteiger partial charge >= 0.3 is 5.95 Å². The number of ether oxygens (including phenoxy) is 1. The monoisotopic (exact) mass is 332 g/mol. The van der Waals surface area contributed by atoms with Crippen molar-refractivity contribution in [2.75, 3.05) is 36.5 Å². The summed E-state index contributed by atoms with van der Waals surface area (Å²) in [4.78, 5) is 27.5. The third-order valence-electron chi connectivity index (χ3n) is 3.52. The van der Waals surface area contributed by atoms with Gasteiger partial charge in [-0.05, 0) is 29.2 Å². The van der Waals surface area contributed by atoms with Gasteiger partial charge in [-0.25, -0.2) is 0 Å². The summed E-state index contributed by atoms with van der Waals surface area (Å²) in [5, 5.41) is 16.8. The number of benzene rings is 1. The van der Waals surface area contributed by atoms with Crippen molar-refractivity contribution in [2.24, 2.45) is 0 Å². The molecule has 126 valence electrons. The van der Waals surface area contributed by atoms with E-state index in [9.17, 15) is 14.9 Å². The molecule has 1 aromatic heterocycles. The molecule has 0 saturated carbocycles. The molecule has 0 spiro atoms. The highest BCUT2D eigenvalue weighted by Gasteiger charge is 2.15. The number of nitrogens with zero attached hydrogens (tertiary/aromatic N) is 5. The lowest BCUT2D eigenvalue weighted by molar-refractivity contribution is -0.394. The number of nitro groups is 1. The molecule has 1 aliphatic rings. The normalized spacial score (nSPS) is 14.4. The molecular formula is C14H16N6O4. The van der Waals surface area contributed by atoms with Crippen LogP contribution < -0.4 is 10.2 Å². The average Bonchev–Trinajstić information content (AvgIpc) is 3.05. The maximum absolute atomic E-state index is 12.0. The fourth-order valence-corrected chi connectivity index (χ4v) is 2.37. The Labute approximate surface area is 137 Å². The number of nitrogens with one attached hydrogen (secondary N) is 1. The van der Waals surface area contributed by atoms with Crippen molar-refractivity contribution in [1.82, 2.24) is 14.8 Å². The van der Waals surface area contributed by atoms with E-state index in [1.807, 2.05) is 24.3 Å². The van der Waals surface area contributed by atoms with E-state index in [2.05, 4.69) is 20.3 Å². The van der Waals surface area contributed by atoms with E-state index in [1.165, 1.54) is 0 Å². The highest BCUT2D eigenvalue weighted by atomic mass is 16.6. The van der Waals surface area contributed by atoms with Crippen LogP contribution in [-0.2, 0) is 16.1 Å². The molecule has 3 rings (SSSR count). The van der Waals surface area contributed by atoms with Gasteiger partial charge in [-0.2, -0.15) is 4.68 Å². The van der Waals surface area contributed by atoms with Gasteiger partial charge in [0.25, 0.3) is 0 Å². The van der Waals surface area contributed by atoms with Crippen LogP contribution in [0.1, 0.15) is 0 Å². The molecule has 2 aromatic rings. The number of morpholine rings is 1. The summed E-state index contributed by atoms with van der Waals surface area (Å²) in [5.41, 5.74) is 1.72. The molecule has 2 heterocycles. The van der Waals surface area contributed by atoms with Crippen molar-refractivity contribution in [1.29, 1.82) is 0 Å². The Kier molecular flexibility index (Phi) is 4.66. The Bertz CT molecular complexity index is 723. The fraction of sp³-hybridized carbons (Fsp3) is 0.357. The Morgan fingerprint density at radius 1 is 1.29 bits per heavy atom. The molecule has 10 nitrogen and oxygen atoms in total. The second kappa shape index (κ2) is 7.04. The minimum Gasteiger partial charge on any atom is -0.390 e. The van der Waals surface area contributed by atoms with Crippen LogP contribution in [0.3, 0.4) is 0 Å². The quantitative estimate of drug-likeness (QED) is 0.631. The number of anilines is 2. The first-order valence-electron chi connectivity index (χ1n) is 7.38. The zero-order chi connectivity index (χ0) is 16.9. The van der Waals surface area contributed by atoms with Gasteiger partial charge in [0, 0.05) is 29.6 Å². The minimum atomic E-state index is -0.710. The van der Waals surface area contributed by atoms with Crippen LogP contribution >= 0.6 is 0 Å². The van der Waals surface area contributed by atoms with Crippen molar-refractivity contribution in [3.8, 4) is 0 Å². The van der Waals surface area contributed by atoms with Gasteiger partial charge < -0.3 is 25.1 Å². The van der Waals surface area contributed by atoms with Crippen molar-refractivity contribution >= 4 is 23.2 Å². The van der Waals surface area contributed by atoms with Crippen LogP contribution in [0.2, 0.25) is 0 Å². The second-order valence-corrected chi connectivity index (χ2v) is 5.19. The SMILES string of the molecule is O=C(Cn1cnc([N+](=O)[O-])n1)Nc1ccc(N2CCOCC2)cc1. The van der Waals surface area contributed by atoms with Crippen molar-refractivity contribution in [2.45, 2.75) is 6.54 Å². The smallest absolute Gasteiger partial charge is 0.390 e. The van der Waals surface area contributed by atoms with E-state index >= 15 is 0 Å². The summed E-state index contributed by atoms with van der Waals surface area (Å²) < 4.78 is 6.44. The molecule has 24 heavy (non-hydrogen) atoms. The molecule has 0 radical (unpaired) electrons. The molecule has 1 aliphatic heterocycles. The van der Waals surface area contributed by atoms with Gasteiger partial charge in [-0.3, -0.25) is 4.79 Å². The number of carbonyl (C=O) groups excluding carboxylic acids is 1. The molecule has 0 atom stereocenters. The number of hydrogen-bond donors (Lipinski definition) is 1. The first kappa shape index (κ1) is 15.9. The number of rotatable bonds is 5. The highest BCUT2D eigenvalue weighted by Crippen LogP contribution is 2.19. The molecule has 1 aromatic carbocycles. The van der Waals surface area contributed by atoms with Gasteiger partial charge in [-0.1, -0.05) is 4.98 Å². The lowest BCUT2D eigenvalue weighted by atomic mass is 10.2. The van der Waals surface area contributed by atoms with Gasteiger partial charge in [0.1, 0.15) is 6.54 Å². The lowest BCUT2D eigenvalue weighted by Gasteiger charge is -2.28. The third kappa shape index (κ3) is 3.84. The summed E-state index contributed by atoms with van der Waals surface area (Å²) in [5.74, 6) is -0.869. The first-order valence-corrected chi connectivity index (χ1v) is 7.38. The Balaban J connectivity index is 1.56. The second-order valence-electron chi connectivity index (χ2n) is 5.19. The number of amides is 1. The maximum atomic E-state index is 12.0. The van der Waals surface area contributed by atoms with Crippen LogP contribution in [0.4, 0.5) is 17.3 Å². The molecule has 0 bridgehead atoms. The number of carbonyl (C=O) groups is 1. The molecule has 1 N–H and O–H groups in total. The average molecular weight is 332 g/mol. The number of aromatic nitrogens is 3. The topological polar surface area (TPSA) is 115 Å². The summed E-state index contributed by atoms with van der Waals surface area (Å²) in [6, 6.07) is 7.49. The Hall–Kier alpha value is -3.01. The standard InChI is InChI=1S/C14H16N6O4/c21-13(9-19-10-15-14(17-19)20(22)23)16-11-1-3-12(4-2-11)18-5-7-24-8-6-18/h1-4,10H,5-9H2,(H,16,21). The predicted molar refractivity (Wildman–Crippen MR) is 84.8 cm³/mol. The van der Waals surface area contributed by atoms with E-state index in [-0.39, 0.29) is 12.5 Å². The van der Waals surface area contributed by atoms with Crippen LogP contribution in [0.25, 0.3) is 0 Å². The highest BCUT2D eigenvalue weighted by molar-refractivity contribution is 5.90. The van der Waals surface area contributed by atoms with E-state index in [1.54, 1.807) is 0 Å². The first-order chi connectivity index (χ1) is 11.6. The largest absolute Gasteiger partial charge is 0.490 e. The number of hydrogen-bond acceptors (Lipinski definition) is 7. The van der Waals surface area contributed by atoms with E-state index < -0.39 is 10.9 Å². The van der Waals surface area contributed by atoms with Gasteiger partial charge in [0.15, 0.2) is 0 Å². The van der Waals surface area contributed by atoms with E-state index in [0.29, 0.717) is 18.9 Å². The van der Waals surface area contributed by atoms with E-state index in [0.717, 1.165) is 29.8 Å². The minimum absolute atomic E-state index is 0.147. The predicted octanol–water partition coefficient (Wildman–Crippen LogP) is 0.662. The van der Waals surface area contributed by atoms with Crippen LogP contribution in [0.15, 0.2) is 30.6 Å². The maximum Gasteiger partial charge on any atom is 0.490 e. The van der Waals surface area contributed by atoms with Crippen LogP contribution in [-0.4, -0.2) is 51.9 Å². The lowest BCUT2D eigenvalue weighted by Crippen LogP contribution is -2.36.